The fourth-order valence-corrected chi connectivity index (χ4v) is 7.61. The summed E-state index contributed by atoms with van der Waals surface area (Å²) in [5.41, 5.74) is 5.43. The van der Waals surface area contributed by atoms with Gasteiger partial charge in [-0.25, -0.2) is 0 Å². The molecule has 0 saturated heterocycles. The maximum Gasteiger partial charge on any atom is 0.161 e. The average Bonchev–Trinajstić information content (AvgIpc) is 3.17. The Morgan fingerprint density at radius 2 is 1.79 bits per heavy atom. The number of aliphatic hydroxyl groups is 2. The van der Waals surface area contributed by atoms with Crippen molar-refractivity contribution in [2.75, 3.05) is 7.11 Å². The minimum atomic E-state index is -0.490. The van der Waals surface area contributed by atoms with Gasteiger partial charge in [0.15, 0.2) is 11.5 Å². The Labute approximate surface area is 312 Å². The number of phenolic OH excluding ortho intramolecular Hbond substituents is 1. The van der Waals surface area contributed by atoms with E-state index in [1.165, 1.54) is 5.56 Å². The van der Waals surface area contributed by atoms with E-state index in [4.69, 9.17) is 14.2 Å². The zero-order valence-electron chi connectivity index (χ0n) is 30.8. The van der Waals surface area contributed by atoms with Crippen LogP contribution in [0.3, 0.4) is 0 Å². The molecular formula is C46H50O7. The summed E-state index contributed by atoms with van der Waals surface area (Å²) >= 11 is 0. The standard InChI is InChI=1S/C46H50O7/c1-3-33-27-44(50)41-14-9-21-52-40(24-35-23-38(48)19-17-34(35)13-8-7-12-31-10-5-4-6-11-31)28-39(49)18-15-32-16-20-45(51-2)46(22-32)53-30-37-26-42(33)43(41)25-36(37)29-47/h4-6,10-11,16-17,19-20,22-23,25-27,34-35,40,47-48,50H,3,7-8,12-15,18,24,28-30H2,1-2H3. The van der Waals surface area contributed by atoms with Crippen LogP contribution in [0.25, 0.3) is 10.8 Å². The van der Waals surface area contributed by atoms with Crippen LogP contribution < -0.4 is 9.47 Å². The van der Waals surface area contributed by atoms with Crippen molar-refractivity contribution in [3.05, 3.63) is 124 Å². The van der Waals surface area contributed by atoms with Gasteiger partial charge in [0.25, 0.3) is 0 Å². The minimum absolute atomic E-state index is 0.0140. The number of carbonyl (C=O) groups is 1. The number of hydrogen-bond donors (Lipinski definition) is 3. The van der Waals surface area contributed by atoms with Gasteiger partial charge in [-0.3, -0.25) is 4.79 Å². The van der Waals surface area contributed by atoms with Crippen molar-refractivity contribution in [2.45, 2.75) is 90.4 Å². The van der Waals surface area contributed by atoms with Gasteiger partial charge in [-0.2, -0.15) is 0 Å². The molecule has 6 bridgehead atoms. The zero-order valence-corrected chi connectivity index (χ0v) is 30.8. The summed E-state index contributed by atoms with van der Waals surface area (Å²) in [6, 6.07) is 22.0. The lowest BCUT2D eigenvalue weighted by molar-refractivity contribution is -0.121. The third kappa shape index (κ3) is 9.63. The number of methoxy groups -OCH3 is 1. The second-order valence-corrected chi connectivity index (χ2v) is 14.2. The number of aryl methyl sites for hydroxylation is 3. The van der Waals surface area contributed by atoms with Gasteiger partial charge in [0.2, 0.25) is 0 Å². The average molecular weight is 715 g/mol. The zero-order chi connectivity index (χ0) is 37.2. The number of carbonyl (C=O) groups excluding carboxylic acids is 1. The molecule has 0 amide bonds. The minimum Gasteiger partial charge on any atom is -0.508 e. The fourth-order valence-electron chi connectivity index (χ4n) is 7.61. The van der Waals surface area contributed by atoms with Gasteiger partial charge < -0.3 is 29.5 Å². The molecule has 0 aromatic heterocycles. The molecule has 3 N–H and O–H groups in total. The number of Topliss-reactive ketones (excluding diaryl/α,β-unsaturated/α-hetero) is 1. The maximum atomic E-state index is 13.5. The van der Waals surface area contributed by atoms with E-state index in [1.54, 1.807) is 19.3 Å². The van der Waals surface area contributed by atoms with Crippen LogP contribution in [-0.4, -0.2) is 34.3 Å². The molecule has 4 aromatic rings. The molecular weight excluding hydrogens is 664 g/mol. The van der Waals surface area contributed by atoms with Crippen molar-refractivity contribution < 1.29 is 34.3 Å². The molecule has 7 rings (SSSR count). The second-order valence-electron chi connectivity index (χ2n) is 14.2. The summed E-state index contributed by atoms with van der Waals surface area (Å²) in [7, 11) is 1.60. The molecule has 4 aromatic carbocycles. The lowest BCUT2D eigenvalue weighted by Crippen LogP contribution is -2.24. The summed E-state index contributed by atoms with van der Waals surface area (Å²) in [5.74, 6) is 4.87. The SMILES string of the molecule is CCc1cc(O)c2c3cc(CO)c(cc13)COc1cc(ccc1OC)CCC(=O)CC(CC1C=C(O)C=CC1CCCCc1ccccc1)OC#CC2. The van der Waals surface area contributed by atoms with Crippen LogP contribution in [0.5, 0.6) is 17.2 Å². The number of aromatic hydroxyl groups is 1. The molecule has 1 aliphatic carbocycles. The molecule has 2 heterocycles. The summed E-state index contributed by atoms with van der Waals surface area (Å²) in [4.78, 5) is 13.5. The smallest absolute Gasteiger partial charge is 0.161 e. The highest BCUT2D eigenvalue weighted by atomic mass is 16.5. The largest absolute Gasteiger partial charge is 0.508 e. The number of phenols is 1. The molecule has 3 atom stereocenters. The van der Waals surface area contributed by atoms with Crippen LogP contribution in [0.4, 0.5) is 0 Å². The molecule has 276 valence electrons. The summed E-state index contributed by atoms with van der Waals surface area (Å²) in [5, 5.41) is 33.9. The molecule has 3 aliphatic rings. The van der Waals surface area contributed by atoms with Crippen molar-refractivity contribution in [2.24, 2.45) is 11.8 Å². The number of rotatable bonds is 10. The number of fused-ring (bicyclic) bond motifs is 9. The Hall–Kier alpha value is -5.19. The first-order valence-corrected chi connectivity index (χ1v) is 18.8. The van der Waals surface area contributed by atoms with Gasteiger partial charge in [0.1, 0.15) is 36.1 Å². The van der Waals surface area contributed by atoms with E-state index >= 15 is 0 Å². The molecule has 3 unspecified atom stereocenters. The maximum absolute atomic E-state index is 13.5. The number of allylic oxidation sites excluding steroid dienone is 3. The number of aliphatic hydroxyl groups excluding tert-OH is 2. The highest BCUT2D eigenvalue weighted by Crippen LogP contribution is 2.36. The Balaban J connectivity index is 1.28. The Kier molecular flexibility index (Phi) is 12.8. The first-order chi connectivity index (χ1) is 25.8. The van der Waals surface area contributed by atoms with E-state index in [-0.39, 0.29) is 55.2 Å². The number of ether oxygens (including phenoxy) is 3. The lowest BCUT2D eigenvalue weighted by atomic mass is 9.80. The highest BCUT2D eigenvalue weighted by molar-refractivity contribution is 5.92. The molecule has 53 heavy (non-hydrogen) atoms. The van der Waals surface area contributed by atoms with Gasteiger partial charge in [0.05, 0.1) is 13.7 Å². The quantitative estimate of drug-likeness (QED) is 0.111. The van der Waals surface area contributed by atoms with E-state index in [9.17, 15) is 20.1 Å². The van der Waals surface area contributed by atoms with Crippen LogP contribution in [0, 0.1) is 23.9 Å². The number of benzene rings is 4. The van der Waals surface area contributed by atoms with E-state index < -0.39 is 6.10 Å². The van der Waals surface area contributed by atoms with Crippen molar-refractivity contribution in [3.63, 3.8) is 0 Å². The van der Waals surface area contributed by atoms with E-state index in [1.807, 2.05) is 49.4 Å². The molecule has 0 saturated carbocycles. The third-order valence-corrected chi connectivity index (χ3v) is 10.6. The molecule has 0 radical (unpaired) electrons. The molecule has 7 heteroatoms. The van der Waals surface area contributed by atoms with Crippen LogP contribution in [-0.2, 0) is 48.4 Å². The first-order valence-electron chi connectivity index (χ1n) is 18.8. The third-order valence-electron chi connectivity index (χ3n) is 10.6. The number of unbranched alkanes of at least 4 members (excludes halogenated alkanes) is 1. The van der Waals surface area contributed by atoms with Gasteiger partial charge in [-0.05, 0) is 131 Å². The molecule has 0 fully saturated rings. The van der Waals surface area contributed by atoms with Crippen molar-refractivity contribution in [3.8, 4) is 29.3 Å². The lowest BCUT2D eigenvalue weighted by Gasteiger charge is -2.28. The van der Waals surface area contributed by atoms with Crippen LogP contribution >= 0.6 is 0 Å². The Morgan fingerprint density at radius 1 is 0.943 bits per heavy atom. The topological polar surface area (TPSA) is 105 Å². The van der Waals surface area contributed by atoms with Crippen molar-refractivity contribution in [1.29, 1.82) is 0 Å². The predicted octanol–water partition coefficient (Wildman–Crippen LogP) is 9.03. The van der Waals surface area contributed by atoms with Gasteiger partial charge in [-0.1, -0.05) is 61.7 Å². The van der Waals surface area contributed by atoms with E-state index in [0.29, 0.717) is 48.3 Å². The van der Waals surface area contributed by atoms with Crippen LogP contribution in [0.15, 0.2) is 90.7 Å². The molecule has 7 nitrogen and oxygen atoms in total. The van der Waals surface area contributed by atoms with Gasteiger partial charge >= 0.3 is 0 Å². The Morgan fingerprint density at radius 3 is 2.58 bits per heavy atom. The summed E-state index contributed by atoms with van der Waals surface area (Å²) in [6.45, 7) is 2.05. The first kappa shape index (κ1) is 37.6. The summed E-state index contributed by atoms with van der Waals surface area (Å²) in [6.07, 6.45) is 14.7. The van der Waals surface area contributed by atoms with Crippen LogP contribution in [0.2, 0.25) is 0 Å². The van der Waals surface area contributed by atoms with Gasteiger partial charge in [0, 0.05) is 24.8 Å². The molecule has 0 spiro atoms. The monoisotopic (exact) mass is 714 g/mol. The predicted molar refractivity (Wildman–Crippen MR) is 208 cm³/mol. The normalized spacial score (nSPS) is 19.0. The van der Waals surface area contributed by atoms with Crippen LogP contribution in [0.1, 0.15) is 78.8 Å². The Bertz CT molecular complexity index is 2020. The van der Waals surface area contributed by atoms with Gasteiger partial charge in [-0.15, -0.1) is 0 Å². The van der Waals surface area contributed by atoms with E-state index in [2.05, 4.69) is 42.4 Å². The molecule has 2 aliphatic heterocycles. The number of ketones is 1. The highest BCUT2D eigenvalue weighted by Gasteiger charge is 2.27. The summed E-state index contributed by atoms with van der Waals surface area (Å²) < 4.78 is 18.1. The van der Waals surface area contributed by atoms with Crippen molar-refractivity contribution in [1.82, 2.24) is 0 Å². The fraction of sp³-hybridized carbons (Fsp3) is 0.370. The van der Waals surface area contributed by atoms with Crippen molar-refractivity contribution >= 4 is 16.6 Å². The number of hydrogen-bond acceptors (Lipinski definition) is 7. The second kappa shape index (κ2) is 18.0. The van der Waals surface area contributed by atoms with E-state index in [0.717, 1.165) is 53.1 Å².